The van der Waals surface area contributed by atoms with E-state index in [9.17, 15) is 4.79 Å². The van der Waals surface area contributed by atoms with Crippen LogP contribution in [0.5, 0.6) is 0 Å². The third-order valence-corrected chi connectivity index (χ3v) is 3.60. The highest BCUT2D eigenvalue weighted by Crippen LogP contribution is 2.43. The Labute approximate surface area is 86.1 Å². The fourth-order valence-corrected chi connectivity index (χ4v) is 2.80. The first kappa shape index (κ1) is 9.97. The van der Waals surface area contributed by atoms with E-state index in [2.05, 4.69) is 25.7 Å². The molecule has 0 saturated carbocycles. The Morgan fingerprint density at radius 3 is 2.14 bits per heavy atom. The van der Waals surface area contributed by atoms with E-state index in [1.807, 2.05) is 4.90 Å². The van der Waals surface area contributed by atoms with E-state index in [0.717, 1.165) is 13.1 Å². The summed E-state index contributed by atoms with van der Waals surface area (Å²) in [6, 6.07) is 0. The Bertz CT molecular complexity index is 261. The van der Waals surface area contributed by atoms with Gasteiger partial charge in [-0.05, 0) is 27.2 Å². The largest absolute Gasteiger partial charge is 0.339 e. The molecule has 14 heavy (non-hydrogen) atoms. The molecule has 0 aromatic rings. The molecule has 1 spiro atoms. The number of carbonyl (C=O) groups is 1. The Morgan fingerprint density at radius 1 is 1.29 bits per heavy atom. The maximum Gasteiger partial charge on any atom is 0.219 e. The average molecular weight is 196 g/mol. The zero-order valence-electron chi connectivity index (χ0n) is 9.63. The summed E-state index contributed by atoms with van der Waals surface area (Å²) in [4.78, 5) is 15.6. The van der Waals surface area contributed by atoms with Gasteiger partial charge in [0, 0.05) is 32.1 Å². The maximum atomic E-state index is 11.1. The van der Waals surface area contributed by atoms with Crippen molar-refractivity contribution in [3.8, 4) is 0 Å². The number of rotatable bonds is 0. The standard InChI is InChI=1S/C11H20N2O/c1-9(14)12-7-11(8-12)5-6-13(11)10(2,3)4/h5-8H2,1-4H3. The predicted molar refractivity (Wildman–Crippen MR) is 56.1 cm³/mol. The van der Waals surface area contributed by atoms with Crippen LogP contribution in [0.3, 0.4) is 0 Å². The second kappa shape index (κ2) is 2.72. The summed E-state index contributed by atoms with van der Waals surface area (Å²) < 4.78 is 0. The number of likely N-dealkylation sites (tertiary alicyclic amines) is 2. The molecule has 0 aliphatic carbocycles. The number of carbonyl (C=O) groups excluding carboxylic acids is 1. The molecule has 2 rings (SSSR count). The van der Waals surface area contributed by atoms with E-state index >= 15 is 0 Å². The Morgan fingerprint density at radius 2 is 1.86 bits per heavy atom. The molecule has 2 aliphatic heterocycles. The third-order valence-electron chi connectivity index (χ3n) is 3.60. The quantitative estimate of drug-likeness (QED) is 0.579. The SMILES string of the molecule is CC(=O)N1CC2(CCN2C(C)(C)C)C1. The van der Waals surface area contributed by atoms with Crippen LogP contribution >= 0.6 is 0 Å². The van der Waals surface area contributed by atoms with Crippen molar-refractivity contribution in [1.29, 1.82) is 0 Å². The number of amides is 1. The van der Waals surface area contributed by atoms with Gasteiger partial charge in [-0.2, -0.15) is 0 Å². The fourth-order valence-electron chi connectivity index (χ4n) is 2.80. The number of hydrogen-bond acceptors (Lipinski definition) is 2. The molecule has 80 valence electrons. The molecule has 0 aromatic carbocycles. The minimum atomic E-state index is 0.219. The van der Waals surface area contributed by atoms with Crippen LogP contribution in [0, 0.1) is 0 Å². The lowest BCUT2D eigenvalue weighted by Crippen LogP contribution is -2.80. The first-order chi connectivity index (χ1) is 6.35. The van der Waals surface area contributed by atoms with Crippen molar-refractivity contribution in [2.24, 2.45) is 0 Å². The summed E-state index contributed by atoms with van der Waals surface area (Å²) in [5.74, 6) is 0.219. The molecule has 0 bridgehead atoms. The lowest BCUT2D eigenvalue weighted by atomic mass is 9.74. The lowest BCUT2D eigenvalue weighted by molar-refractivity contribution is -0.176. The molecule has 0 aromatic heterocycles. The summed E-state index contributed by atoms with van der Waals surface area (Å²) in [6.07, 6.45) is 1.26. The van der Waals surface area contributed by atoms with Crippen LogP contribution in [-0.4, -0.2) is 46.4 Å². The van der Waals surface area contributed by atoms with Crippen LogP contribution in [0.15, 0.2) is 0 Å². The molecule has 3 heteroatoms. The van der Waals surface area contributed by atoms with Crippen molar-refractivity contribution in [3.05, 3.63) is 0 Å². The van der Waals surface area contributed by atoms with E-state index in [1.54, 1.807) is 6.92 Å². The van der Waals surface area contributed by atoms with Crippen molar-refractivity contribution >= 4 is 5.91 Å². The fraction of sp³-hybridized carbons (Fsp3) is 0.909. The Balaban J connectivity index is 1.99. The number of nitrogens with zero attached hydrogens (tertiary/aromatic N) is 2. The zero-order valence-corrected chi connectivity index (χ0v) is 9.63. The molecule has 0 unspecified atom stereocenters. The summed E-state index contributed by atoms with van der Waals surface area (Å²) in [5.41, 5.74) is 0.588. The maximum absolute atomic E-state index is 11.1. The topological polar surface area (TPSA) is 23.6 Å². The second-order valence-electron chi connectivity index (χ2n) is 5.67. The van der Waals surface area contributed by atoms with Gasteiger partial charge in [0.2, 0.25) is 5.91 Å². The van der Waals surface area contributed by atoms with Crippen LogP contribution < -0.4 is 0 Å². The first-order valence-corrected chi connectivity index (χ1v) is 5.38. The summed E-state index contributed by atoms with van der Waals surface area (Å²) in [5, 5.41) is 0. The number of hydrogen-bond donors (Lipinski definition) is 0. The Hall–Kier alpha value is -0.570. The minimum Gasteiger partial charge on any atom is -0.339 e. The van der Waals surface area contributed by atoms with Gasteiger partial charge in [-0.25, -0.2) is 0 Å². The van der Waals surface area contributed by atoms with Gasteiger partial charge < -0.3 is 4.90 Å². The normalized spacial score (nSPS) is 25.9. The van der Waals surface area contributed by atoms with Crippen molar-refractivity contribution in [3.63, 3.8) is 0 Å². The van der Waals surface area contributed by atoms with Gasteiger partial charge in [-0.15, -0.1) is 0 Å². The van der Waals surface area contributed by atoms with E-state index in [-0.39, 0.29) is 11.4 Å². The highest BCUT2D eigenvalue weighted by Gasteiger charge is 2.56. The highest BCUT2D eigenvalue weighted by atomic mass is 16.2. The third kappa shape index (κ3) is 1.26. The predicted octanol–water partition coefficient (Wildman–Crippen LogP) is 1.09. The molecular weight excluding hydrogens is 176 g/mol. The molecule has 2 heterocycles. The molecule has 0 atom stereocenters. The molecule has 2 aliphatic rings. The van der Waals surface area contributed by atoms with Crippen molar-refractivity contribution < 1.29 is 4.79 Å². The van der Waals surface area contributed by atoms with E-state index < -0.39 is 0 Å². The lowest BCUT2D eigenvalue weighted by Gasteiger charge is -2.66. The summed E-state index contributed by atoms with van der Waals surface area (Å²) >= 11 is 0. The highest BCUT2D eigenvalue weighted by molar-refractivity contribution is 5.74. The van der Waals surface area contributed by atoms with Crippen LogP contribution in [0.2, 0.25) is 0 Å². The van der Waals surface area contributed by atoms with E-state index in [1.165, 1.54) is 13.0 Å². The second-order valence-corrected chi connectivity index (χ2v) is 5.67. The average Bonchev–Trinajstić information content (AvgIpc) is 1.74. The van der Waals surface area contributed by atoms with Gasteiger partial charge in [0.25, 0.3) is 0 Å². The molecule has 0 radical (unpaired) electrons. The van der Waals surface area contributed by atoms with Crippen LogP contribution in [0.25, 0.3) is 0 Å². The monoisotopic (exact) mass is 196 g/mol. The first-order valence-electron chi connectivity index (χ1n) is 5.38. The molecule has 2 saturated heterocycles. The van der Waals surface area contributed by atoms with Gasteiger partial charge in [0.05, 0.1) is 5.54 Å². The van der Waals surface area contributed by atoms with Gasteiger partial charge in [-0.1, -0.05) is 0 Å². The van der Waals surface area contributed by atoms with Gasteiger partial charge in [0.1, 0.15) is 0 Å². The van der Waals surface area contributed by atoms with E-state index in [4.69, 9.17) is 0 Å². The summed E-state index contributed by atoms with van der Waals surface area (Å²) in [6.45, 7) is 11.5. The Kier molecular flexibility index (Phi) is 1.94. The van der Waals surface area contributed by atoms with Gasteiger partial charge >= 0.3 is 0 Å². The van der Waals surface area contributed by atoms with Crippen LogP contribution in [0.1, 0.15) is 34.1 Å². The van der Waals surface area contributed by atoms with Crippen molar-refractivity contribution in [2.75, 3.05) is 19.6 Å². The molecule has 0 N–H and O–H groups in total. The van der Waals surface area contributed by atoms with Gasteiger partial charge in [0.15, 0.2) is 0 Å². The molecule has 3 nitrogen and oxygen atoms in total. The smallest absolute Gasteiger partial charge is 0.219 e. The van der Waals surface area contributed by atoms with Crippen molar-refractivity contribution in [1.82, 2.24) is 9.80 Å². The van der Waals surface area contributed by atoms with E-state index in [0.29, 0.717) is 5.54 Å². The molecule has 1 amide bonds. The molecular formula is C11H20N2O. The summed E-state index contributed by atoms with van der Waals surface area (Å²) in [7, 11) is 0. The zero-order chi connectivity index (χ0) is 10.6. The van der Waals surface area contributed by atoms with Crippen molar-refractivity contribution in [2.45, 2.75) is 45.2 Å². The van der Waals surface area contributed by atoms with Crippen LogP contribution in [0.4, 0.5) is 0 Å². The molecule has 2 fully saturated rings. The minimum absolute atomic E-state index is 0.219. The van der Waals surface area contributed by atoms with Crippen LogP contribution in [-0.2, 0) is 4.79 Å². The van der Waals surface area contributed by atoms with Gasteiger partial charge in [-0.3, -0.25) is 9.69 Å².